The predicted molar refractivity (Wildman–Crippen MR) is 69.6 cm³/mol. The third kappa shape index (κ3) is 3.21. The van der Waals surface area contributed by atoms with Crippen LogP contribution in [0, 0.1) is 11.3 Å². The van der Waals surface area contributed by atoms with Crippen LogP contribution in [0.15, 0.2) is 0 Å². The first-order valence-electron chi connectivity index (χ1n) is 7.07. The highest BCUT2D eigenvalue weighted by Gasteiger charge is 2.45. The van der Waals surface area contributed by atoms with Crippen LogP contribution in [0.2, 0.25) is 0 Å². The lowest BCUT2D eigenvalue weighted by molar-refractivity contribution is 0.197. The average molecular weight is 224 g/mol. The van der Waals surface area contributed by atoms with Gasteiger partial charge in [0.2, 0.25) is 0 Å². The highest BCUT2D eigenvalue weighted by Crippen LogP contribution is 2.51. The zero-order valence-electron chi connectivity index (χ0n) is 11.3. The number of nitrogens with zero attached hydrogens (tertiary/aromatic N) is 1. The van der Waals surface area contributed by atoms with Gasteiger partial charge in [0.1, 0.15) is 0 Å². The van der Waals surface area contributed by atoms with Gasteiger partial charge in [-0.3, -0.25) is 0 Å². The maximum absolute atomic E-state index is 3.78. The zero-order chi connectivity index (χ0) is 11.6. The number of nitrogens with one attached hydrogen (secondary N) is 1. The summed E-state index contributed by atoms with van der Waals surface area (Å²) >= 11 is 0. The molecule has 0 aromatic heterocycles. The normalized spacial score (nSPS) is 30.6. The van der Waals surface area contributed by atoms with E-state index in [1.165, 1.54) is 51.9 Å². The van der Waals surface area contributed by atoms with Crippen molar-refractivity contribution in [1.29, 1.82) is 0 Å². The Bertz CT molecular complexity index is 217. The molecule has 1 saturated carbocycles. The van der Waals surface area contributed by atoms with E-state index in [0.29, 0.717) is 5.41 Å². The Balaban J connectivity index is 1.59. The molecule has 2 aliphatic rings. The van der Waals surface area contributed by atoms with Crippen molar-refractivity contribution in [3.8, 4) is 0 Å². The summed E-state index contributed by atoms with van der Waals surface area (Å²) in [6.07, 6.45) is 5.43. The second-order valence-electron chi connectivity index (χ2n) is 6.41. The Hall–Kier alpha value is -0.0800. The minimum Gasteiger partial charge on any atom is -0.314 e. The van der Waals surface area contributed by atoms with Crippen LogP contribution in [0.4, 0.5) is 0 Å². The topological polar surface area (TPSA) is 15.3 Å². The Morgan fingerprint density at radius 3 is 2.38 bits per heavy atom. The molecule has 0 bridgehead atoms. The Kier molecular flexibility index (Phi) is 3.91. The van der Waals surface area contributed by atoms with Crippen molar-refractivity contribution in [2.75, 3.05) is 26.2 Å². The first-order chi connectivity index (χ1) is 7.62. The maximum Gasteiger partial charge on any atom is 0.00915 e. The molecule has 2 fully saturated rings. The van der Waals surface area contributed by atoms with E-state index in [4.69, 9.17) is 0 Å². The Labute approximate surface area is 101 Å². The van der Waals surface area contributed by atoms with Gasteiger partial charge < -0.3 is 10.2 Å². The lowest BCUT2D eigenvalue weighted by Gasteiger charge is -2.32. The van der Waals surface area contributed by atoms with Gasteiger partial charge in [0.05, 0.1) is 0 Å². The summed E-state index contributed by atoms with van der Waals surface area (Å²) < 4.78 is 0. The fraction of sp³-hybridized carbons (Fsp3) is 1.00. The summed E-state index contributed by atoms with van der Waals surface area (Å²) in [5.74, 6) is 0.946. The average Bonchev–Trinajstić information content (AvgIpc) is 2.86. The number of likely N-dealkylation sites (tertiary alicyclic amines) is 1. The van der Waals surface area contributed by atoms with Crippen molar-refractivity contribution in [1.82, 2.24) is 10.2 Å². The molecule has 1 saturated heterocycles. The van der Waals surface area contributed by atoms with Crippen LogP contribution >= 0.6 is 0 Å². The Morgan fingerprint density at radius 1 is 1.25 bits per heavy atom. The molecular weight excluding hydrogens is 196 g/mol. The van der Waals surface area contributed by atoms with Crippen LogP contribution < -0.4 is 5.32 Å². The largest absolute Gasteiger partial charge is 0.314 e. The molecule has 1 atom stereocenters. The summed E-state index contributed by atoms with van der Waals surface area (Å²) in [7, 11) is 0. The van der Waals surface area contributed by atoms with Crippen LogP contribution in [0.25, 0.3) is 0 Å². The number of rotatable bonds is 5. The van der Waals surface area contributed by atoms with Crippen molar-refractivity contribution >= 4 is 0 Å². The minimum atomic E-state index is 0.635. The molecule has 1 N–H and O–H groups in total. The van der Waals surface area contributed by atoms with E-state index in [2.05, 4.69) is 31.0 Å². The summed E-state index contributed by atoms with van der Waals surface area (Å²) in [5, 5.41) is 3.78. The lowest BCUT2D eigenvalue weighted by Crippen LogP contribution is -2.43. The molecule has 0 radical (unpaired) electrons. The summed E-state index contributed by atoms with van der Waals surface area (Å²) in [4.78, 5) is 2.61. The third-order valence-electron chi connectivity index (χ3n) is 4.50. The van der Waals surface area contributed by atoms with Crippen molar-refractivity contribution in [3.63, 3.8) is 0 Å². The quantitative estimate of drug-likeness (QED) is 0.772. The lowest BCUT2D eigenvalue weighted by atomic mass is 10.0. The monoisotopic (exact) mass is 224 g/mol. The molecule has 0 aromatic carbocycles. The molecule has 1 unspecified atom stereocenters. The molecule has 0 amide bonds. The van der Waals surface area contributed by atoms with Gasteiger partial charge in [0.15, 0.2) is 0 Å². The van der Waals surface area contributed by atoms with Gasteiger partial charge in [0, 0.05) is 6.04 Å². The van der Waals surface area contributed by atoms with E-state index in [9.17, 15) is 0 Å². The molecule has 16 heavy (non-hydrogen) atoms. The number of hydrogen-bond acceptors (Lipinski definition) is 2. The fourth-order valence-electron chi connectivity index (χ4n) is 2.91. The van der Waals surface area contributed by atoms with Crippen LogP contribution in [-0.4, -0.2) is 37.1 Å². The van der Waals surface area contributed by atoms with Gasteiger partial charge in [-0.25, -0.2) is 0 Å². The summed E-state index contributed by atoms with van der Waals surface area (Å²) in [6, 6.07) is 0.796. The molecule has 1 aliphatic heterocycles. The van der Waals surface area contributed by atoms with E-state index in [1.807, 2.05) is 0 Å². The number of piperidine rings is 1. The van der Waals surface area contributed by atoms with E-state index < -0.39 is 0 Å². The minimum absolute atomic E-state index is 0.635. The van der Waals surface area contributed by atoms with E-state index in [0.717, 1.165) is 12.0 Å². The maximum atomic E-state index is 3.78. The van der Waals surface area contributed by atoms with Crippen molar-refractivity contribution in [2.24, 2.45) is 11.3 Å². The highest BCUT2D eigenvalue weighted by molar-refractivity contribution is 4.96. The van der Waals surface area contributed by atoms with Gasteiger partial charge in [0.25, 0.3) is 0 Å². The zero-order valence-corrected chi connectivity index (χ0v) is 11.3. The SMILES string of the molecule is CCCN1CCC(NCC2CC2(C)C)CC1. The molecule has 1 heterocycles. The summed E-state index contributed by atoms with van der Waals surface area (Å²) in [5.41, 5.74) is 0.635. The third-order valence-corrected chi connectivity index (χ3v) is 4.50. The molecule has 2 rings (SSSR count). The van der Waals surface area contributed by atoms with Gasteiger partial charge in [-0.2, -0.15) is 0 Å². The van der Waals surface area contributed by atoms with Gasteiger partial charge >= 0.3 is 0 Å². The standard InChI is InChI=1S/C14H28N2/c1-4-7-16-8-5-13(6-9-16)15-11-12-10-14(12,2)3/h12-13,15H,4-11H2,1-3H3. The first-order valence-corrected chi connectivity index (χ1v) is 7.07. The molecule has 94 valence electrons. The molecule has 2 nitrogen and oxygen atoms in total. The van der Waals surface area contributed by atoms with Crippen molar-refractivity contribution in [3.05, 3.63) is 0 Å². The summed E-state index contributed by atoms with van der Waals surface area (Å²) in [6.45, 7) is 12.2. The Morgan fingerprint density at radius 2 is 1.88 bits per heavy atom. The smallest absolute Gasteiger partial charge is 0.00915 e. The molecule has 0 aromatic rings. The number of hydrogen-bond donors (Lipinski definition) is 1. The second kappa shape index (κ2) is 5.05. The van der Waals surface area contributed by atoms with Gasteiger partial charge in [-0.1, -0.05) is 20.8 Å². The molecule has 0 spiro atoms. The van der Waals surface area contributed by atoms with Crippen molar-refractivity contribution in [2.45, 2.75) is 52.5 Å². The fourth-order valence-corrected chi connectivity index (χ4v) is 2.91. The highest BCUT2D eigenvalue weighted by atomic mass is 15.1. The first kappa shape index (κ1) is 12.4. The van der Waals surface area contributed by atoms with Crippen LogP contribution in [-0.2, 0) is 0 Å². The van der Waals surface area contributed by atoms with Crippen LogP contribution in [0.5, 0.6) is 0 Å². The van der Waals surface area contributed by atoms with E-state index in [-0.39, 0.29) is 0 Å². The molecule has 1 aliphatic carbocycles. The van der Waals surface area contributed by atoms with E-state index >= 15 is 0 Å². The van der Waals surface area contributed by atoms with E-state index in [1.54, 1.807) is 0 Å². The molecular formula is C14H28N2. The van der Waals surface area contributed by atoms with Gasteiger partial charge in [-0.05, 0) is 63.2 Å². The predicted octanol–water partition coefficient (Wildman–Crippen LogP) is 2.50. The molecule has 2 heteroatoms. The van der Waals surface area contributed by atoms with Crippen LogP contribution in [0.1, 0.15) is 46.5 Å². The van der Waals surface area contributed by atoms with Crippen molar-refractivity contribution < 1.29 is 0 Å². The van der Waals surface area contributed by atoms with Gasteiger partial charge in [-0.15, -0.1) is 0 Å². The van der Waals surface area contributed by atoms with Crippen LogP contribution in [0.3, 0.4) is 0 Å². The second-order valence-corrected chi connectivity index (χ2v) is 6.41.